The highest BCUT2D eigenvalue weighted by molar-refractivity contribution is 9.10. The van der Waals surface area contributed by atoms with Crippen LogP contribution in [0.1, 0.15) is 12.5 Å². The number of anilines is 1. The summed E-state index contributed by atoms with van der Waals surface area (Å²) < 4.78 is 24.9. The summed E-state index contributed by atoms with van der Waals surface area (Å²) in [4.78, 5) is 38.1. The predicted molar refractivity (Wildman–Crippen MR) is 129 cm³/mol. The molecular formula is C23H20BrFN2O5S. The van der Waals surface area contributed by atoms with E-state index >= 15 is 0 Å². The van der Waals surface area contributed by atoms with E-state index in [1.165, 1.54) is 30.3 Å². The van der Waals surface area contributed by atoms with Gasteiger partial charge in [-0.1, -0.05) is 22.0 Å². The van der Waals surface area contributed by atoms with Crippen LogP contribution >= 0.6 is 27.7 Å². The van der Waals surface area contributed by atoms with Gasteiger partial charge in [0.1, 0.15) is 5.82 Å². The van der Waals surface area contributed by atoms with E-state index < -0.39 is 17.6 Å². The quantitative estimate of drug-likeness (QED) is 0.350. The van der Waals surface area contributed by atoms with Gasteiger partial charge < -0.3 is 14.8 Å². The second-order valence-electron chi connectivity index (χ2n) is 6.68. The van der Waals surface area contributed by atoms with Crippen LogP contribution in [-0.4, -0.2) is 41.7 Å². The monoisotopic (exact) mass is 534 g/mol. The van der Waals surface area contributed by atoms with Gasteiger partial charge in [0, 0.05) is 16.7 Å². The molecular weight excluding hydrogens is 515 g/mol. The molecule has 172 valence electrons. The number of imide groups is 1. The lowest BCUT2D eigenvalue weighted by atomic mass is 10.2. The molecule has 0 unspecified atom stereocenters. The Kier molecular flexibility index (Phi) is 8.29. The molecule has 1 aliphatic rings. The zero-order valence-electron chi connectivity index (χ0n) is 17.6. The van der Waals surface area contributed by atoms with E-state index in [1.807, 2.05) is 0 Å². The lowest BCUT2D eigenvalue weighted by Gasteiger charge is -2.14. The maximum Gasteiger partial charge on any atom is 0.293 e. The Labute approximate surface area is 202 Å². The molecule has 1 aliphatic heterocycles. The van der Waals surface area contributed by atoms with E-state index in [9.17, 15) is 18.8 Å². The topological polar surface area (TPSA) is 84.9 Å². The van der Waals surface area contributed by atoms with Crippen molar-refractivity contribution in [3.63, 3.8) is 0 Å². The average Bonchev–Trinajstić information content (AvgIpc) is 3.04. The van der Waals surface area contributed by atoms with Crippen LogP contribution in [0.4, 0.5) is 14.9 Å². The molecule has 33 heavy (non-hydrogen) atoms. The van der Waals surface area contributed by atoms with Crippen LogP contribution in [0.5, 0.6) is 11.5 Å². The number of nitrogens with zero attached hydrogens (tertiary/aromatic N) is 1. The fraction of sp³-hybridized carbons (Fsp3) is 0.174. The van der Waals surface area contributed by atoms with Gasteiger partial charge >= 0.3 is 0 Å². The molecule has 0 atom stereocenters. The Balaban J connectivity index is 1.76. The molecule has 0 aromatic heterocycles. The van der Waals surface area contributed by atoms with Crippen molar-refractivity contribution in [3.8, 4) is 11.5 Å². The Morgan fingerprint density at radius 3 is 2.58 bits per heavy atom. The largest absolute Gasteiger partial charge is 0.490 e. The zero-order valence-corrected chi connectivity index (χ0v) is 20.0. The first-order valence-electron chi connectivity index (χ1n) is 9.83. The van der Waals surface area contributed by atoms with Gasteiger partial charge in [0.15, 0.2) is 18.1 Å². The van der Waals surface area contributed by atoms with Crippen LogP contribution in [-0.2, 0) is 9.59 Å². The Morgan fingerprint density at radius 1 is 1.21 bits per heavy atom. The normalized spacial score (nSPS) is 14.5. The van der Waals surface area contributed by atoms with Crippen LogP contribution in [0.3, 0.4) is 0 Å². The van der Waals surface area contributed by atoms with E-state index in [1.54, 1.807) is 25.1 Å². The van der Waals surface area contributed by atoms with Gasteiger partial charge in [-0.15, -0.1) is 6.58 Å². The Morgan fingerprint density at radius 2 is 1.91 bits per heavy atom. The van der Waals surface area contributed by atoms with E-state index in [0.717, 1.165) is 16.7 Å². The van der Waals surface area contributed by atoms with Crippen LogP contribution < -0.4 is 14.8 Å². The van der Waals surface area contributed by atoms with Crippen molar-refractivity contribution in [1.29, 1.82) is 0 Å². The summed E-state index contributed by atoms with van der Waals surface area (Å²) in [6.45, 7) is 5.54. The lowest BCUT2D eigenvalue weighted by molar-refractivity contribution is -0.122. The summed E-state index contributed by atoms with van der Waals surface area (Å²) in [5.41, 5.74) is 1.04. The van der Waals surface area contributed by atoms with Gasteiger partial charge in [0.05, 0.1) is 11.5 Å². The summed E-state index contributed by atoms with van der Waals surface area (Å²) in [6, 6.07) is 8.65. The number of rotatable bonds is 9. The van der Waals surface area contributed by atoms with Crippen molar-refractivity contribution in [2.45, 2.75) is 6.92 Å². The fourth-order valence-corrected chi connectivity index (χ4v) is 4.12. The number of nitrogens with one attached hydrogen (secondary N) is 1. The maximum atomic E-state index is 13.0. The number of amides is 3. The third-order valence-electron chi connectivity index (χ3n) is 4.32. The third kappa shape index (κ3) is 6.23. The molecule has 7 nitrogen and oxygen atoms in total. The number of benzene rings is 2. The third-order valence-corrected chi connectivity index (χ3v) is 5.92. The zero-order chi connectivity index (χ0) is 24.0. The van der Waals surface area contributed by atoms with Gasteiger partial charge in [-0.25, -0.2) is 4.39 Å². The standard InChI is InChI=1S/C23H20BrFN2O5S/c1-3-9-27-22(29)20(33-23(27)30)11-14-10-18(31-4-2)19(12-17(14)24)32-13-21(28)26-16-7-5-15(25)6-8-16/h3,5-8,10-12H,1,4,9,13H2,2H3,(H,26,28)/b20-11+. The summed E-state index contributed by atoms with van der Waals surface area (Å²) in [5, 5.41) is 2.25. The Bertz CT molecular complexity index is 1120. The van der Waals surface area contributed by atoms with Crippen LogP contribution in [0.25, 0.3) is 6.08 Å². The molecule has 0 bridgehead atoms. The number of hydrogen-bond acceptors (Lipinski definition) is 6. The molecule has 1 fully saturated rings. The van der Waals surface area contributed by atoms with Gasteiger partial charge in [-0.3, -0.25) is 19.3 Å². The van der Waals surface area contributed by atoms with Crippen molar-refractivity contribution in [3.05, 3.63) is 69.8 Å². The number of thioether (sulfide) groups is 1. The van der Waals surface area contributed by atoms with Crippen LogP contribution in [0.15, 0.2) is 58.4 Å². The summed E-state index contributed by atoms with van der Waals surface area (Å²) in [7, 11) is 0. The molecule has 2 aromatic rings. The first kappa shape index (κ1) is 24.5. The molecule has 10 heteroatoms. The van der Waals surface area contributed by atoms with Crippen molar-refractivity contribution in [1.82, 2.24) is 4.90 Å². The lowest BCUT2D eigenvalue weighted by Crippen LogP contribution is -2.27. The molecule has 0 aliphatic carbocycles. The highest BCUT2D eigenvalue weighted by atomic mass is 79.9. The number of ether oxygens (including phenoxy) is 2. The van der Waals surface area contributed by atoms with Gasteiger partial charge in [0.25, 0.3) is 17.1 Å². The average molecular weight is 535 g/mol. The molecule has 3 rings (SSSR count). The maximum absolute atomic E-state index is 13.0. The van der Waals surface area contributed by atoms with E-state index in [0.29, 0.717) is 33.8 Å². The van der Waals surface area contributed by atoms with Gasteiger partial charge in [-0.2, -0.15) is 0 Å². The van der Waals surface area contributed by atoms with Crippen molar-refractivity contribution < 1.29 is 28.2 Å². The molecule has 1 heterocycles. The van der Waals surface area contributed by atoms with E-state index in [2.05, 4.69) is 27.8 Å². The highest BCUT2D eigenvalue weighted by Crippen LogP contribution is 2.38. The molecule has 1 saturated heterocycles. The summed E-state index contributed by atoms with van der Waals surface area (Å²) in [6.07, 6.45) is 3.08. The molecule has 2 aromatic carbocycles. The van der Waals surface area contributed by atoms with Crippen molar-refractivity contribution in [2.75, 3.05) is 25.1 Å². The molecule has 0 radical (unpaired) electrons. The predicted octanol–water partition coefficient (Wildman–Crippen LogP) is 5.23. The fourth-order valence-electron chi connectivity index (χ4n) is 2.84. The minimum Gasteiger partial charge on any atom is -0.490 e. The molecule has 0 spiro atoms. The van der Waals surface area contributed by atoms with E-state index in [4.69, 9.17) is 9.47 Å². The molecule has 3 amide bonds. The first-order valence-corrected chi connectivity index (χ1v) is 11.4. The number of carbonyl (C=O) groups is 3. The SMILES string of the molecule is C=CCN1C(=O)S/C(=C/c2cc(OCC)c(OCC(=O)Nc3ccc(F)cc3)cc2Br)C1=O. The van der Waals surface area contributed by atoms with Gasteiger partial charge in [0.2, 0.25) is 0 Å². The molecule has 0 saturated carbocycles. The van der Waals surface area contributed by atoms with E-state index in [-0.39, 0.29) is 23.3 Å². The molecule has 1 N–H and O–H groups in total. The van der Waals surface area contributed by atoms with Crippen molar-refractivity contribution >= 4 is 56.5 Å². The number of carbonyl (C=O) groups excluding carboxylic acids is 3. The van der Waals surface area contributed by atoms with Crippen LogP contribution in [0, 0.1) is 5.82 Å². The Hall–Kier alpha value is -3.11. The second-order valence-corrected chi connectivity index (χ2v) is 8.53. The minimum atomic E-state index is -0.430. The summed E-state index contributed by atoms with van der Waals surface area (Å²) in [5.74, 6) is -0.546. The van der Waals surface area contributed by atoms with Gasteiger partial charge in [-0.05, 0) is 66.7 Å². The number of hydrogen-bond donors (Lipinski definition) is 1. The number of halogens is 2. The minimum absolute atomic E-state index is 0.139. The summed E-state index contributed by atoms with van der Waals surface area (Å²) >= 11 is 4.28. The van der Waals surface area contributed by atoms with Crippen molar-refractivity contribution in [2.24, 2.45) is 0 Å². The first-order chi connectivity index (χ1) is 15.8. The smallest absolute Gasteiger partial charge is 0.293 e. The second kappa shape index (κ2) is 11.2. The van der Waals surface area contributed by atoms with Crippen LogP contribution in [0.2, 0.25) is 0 Å². The highest BCUT2D eigenvalue weighted by Gasteiger charge is 2.34.